The van der Waals surface area contributed by atoms with E-state index < -0.39 is 15.6 Å². The van der Waals surface area contributed by atoms with Crippen LogP contribution < -0.4 is 10.0 Å². The number of aromatic nitrogens is 2. The van der Waals surface area contributed by atoms with Crippen molar-refractivity contribution in [3.05, 3.63) is 66.4 Å². The van der Waals surface area contributed by atoms with Gasteiger partial charge < -0.3 is 15.1 Å². The van der Waals surface area contributed by atoms with E-state index in [2.05, 4.69) is 20.0 Å². The van der Waals surface area contributed by atoms with Gasteiger partial charge in [0.15, 0.2) is 0 Å². The van der Waals surface area contributed by atoms with Crippen LogP contribution in [0.25, 0.3) is 11.3 Å². The molecule has 0 aliphatic carbocycles. The minimum absolute atomic E-state index is 0.0252. The molecule has 0 atom stereocenters. The average molecular weight is 537 g/mol. The molecular weight excluding hydrogens is 504 g/mol. The van der Waals surface area contributed by atoms with Crippen LogP contribution in [0.4, 0.5) is 11.6 Å². The van der Waals surface area contributed by atoms with E-state index in [4.69, 9.17) is 0 Å². The van der Waals surface area contributed by atoms with Crippen molar-refractivity contribution >= 4 is 33.5 Å². The maximum Gasteiger partial charge on any atom is 0.253 e. The van der Waals surface area contributed by atoms with Crippen molar-refractivity contribution in [2.45, 2.75) is 38.1 Å². The fourth-order valence-electron chi connectivity index (χ4n) is 4.08. The molecule has 2 N–H and O–H groups in total. The maximum absolute atomic E-state index is 12.8. The topological polar surface area (TPSA) is 125 Å². The van der Waals surface area contributed by atoms with Crippen LogP contribution in [0.1, 0.15) is 38.1 Å². The Balaban J connectivity index is 1.41. The van der Waals surface area contributed by atoms with Crippen molar-refractivity contribution in [1.82, 2.24) is 24.5 Å². The third-order valence-electron chi connectivity index (χ3n) is 5.96. The average Bonchev–Trinajstić information content (AvgIpc) is 2.88. The van der Waals surface area contributed by atoms with Gasteiger partial charge in [-0.05, 0) is 63.2 Å². The number of anilines is 2. The zero-order chi connectivity index (χ0) is 27.5. The van der Waals surface area contributed by atoms with Crippen molar-refractivity contribution < 1.29 is 18.0 Å². The SMILES string of the molecule is CC(=O)N1CCN(C(=O)c2ccc(Nc3nccc(-c4ccc(S(=O)(=O)NC(C)(C)C)cc4)n3)cc2)CC1. The van der Waals surface area contributed by atoms with Gasteiger partial charge in [0.25, 0.3) is 5.91 Å². The molecule has 38 heavy (non-hydrogen) atoms. The van der Waals surface area contributed by atoms with E-state index in [9.17, 15) is 18.0 Å². The number of rotatable bonds is 6. The maximum atomic E-state index is 12.8. The zero-order valence-corrected chi connectivity index (χ0v) is 22.7. The minimum atomic E-state index is -3.63. The summed E-state index contributed by atoms with van der Waals surface area (Å²) in [5.41, 5.74) is 2.08. The Morgan fingerprint density at radius 2 is 1.47 bits per heavy atom. The first-order valence-corrected chi connectivity index (χ1v) is 13.8. The van der Waals surface area contributed by atoms with Gasteiger partial charge >= 0.3 is 0 Å². The summed E-state index contributed by atoms with van der Waals surface area (Å²) in [6, 6.07) is 15.3. The number of hydrogen-bond acceptors (Lipinski definition) is 7. The number of benzene rings is 2. The normalized spacial score (nSPS) is 14.3. The highest BCUT2D eigenvalue weighted by Gasteiger charge is 2.24. The molecule has 0 bridgehead atoms. The molecule has 0 unspecified atom stereocenters. The molecule has 0 radical (unpaired) electrons. The molecular formula is C27H32N6O4S. The van der Waals surface area contributed by atoms with Crippen molar-refractivity contribution in [1.29, 1.82) is 0 Å². The van der Waals surface area contributed by atoms with Gasteiger partial charge in [-0.2, -0.15) is 0 Å². The second kappa shape index (κ2) is 10.9. The summed E-state index contributed by atoms with van der Waals surface area (Å²) in [4.78, 5) is 36.8. The Hall–Kier alpha value is -3.83. The van der Waals surface area contributed by atoms with E-state index in [-0.39, 0.29) is 16.7 Å². The molecule has 1 aliphatic heterocycles. The summed E-state index contributed by atoms with van der Waals surface area (Å²) in [6.45, 7) is 9.02. The first-order valence-electron chi connectivity index (χ1n) is 12.3. The predicted octanol–water partition coefficient (Wildman–Crippen LogP) is 3.27. The van der Waals surface area contributed by atoms with E-state index in [0.717, 1.165) is 11.3 Å². The minimum Gasteiger partial charge on any atom is -0.339 e. The van der Waals surface area contributed by atoms with Gasteiger partial charge in [0, 0.05) is 61.7 Å². The van der Waals surface area contributed by atoms with Gasteiger partial charge in [-0.3, -0.25) is 9.59 Å². The highest BCUT2D eigenvalue weighted by Crippen LogP contribution is 2.22. The zero-order valence-electron chi connectivity index (χ0n) is 21.9. The number of carbonyl (C=O) groups excluding carboxylic acids is 2. The first-order chi connectivity index (χ1) is 17.9. The lowest BCUT2D eigenvalue weighted by molar-refractivity contribution is -0.130. The number of carbonyl (C=O) groups is 2. The second-order valence-corrected chi connectivity index (χ2v) is 11.8. The van der Waals surface area contributed by atoms with E-state index in [1.807, 2.05) is 0 Å². The van der Waals surface area contributed by atoms with Crippen molar-refractivity contribution in [3.63, 3.8) is 0 Å². The molecule has 1 saturated heterocycles. The smallest absolute Gasteiger partial charge is 0.253 e. The molecule has 11 heteroatoms. The fraction of sp³-hybridized carbons (Fsp3) is 0.333. The molecule has 3 aromatic rings. The first kappa shape index (κ1) is 27.2. The van der Waals surface area contributed by atoms with Crippen LogP contribution in [-0.4, -0.2) is 71.7 Å². The molecule has 10 nitrogen and oxygen atoms in total. The number of piperazine rings is 1. The van der Waals surface area contributed by atoms with Crippen molar-refractivity contribution in [3.8, 4) is 11.3 Å². The number of hydrogen-bond donors (Lipinski definition) is 2. The van der Waals surface area contributed by atoms with E-state index in [1.165, 1.54) is 6.92 Å². The van der Waals surface area contributed by atoms with E-state index in [0.29, 0.717) is 43.4 Å². The fourth-order valence-corrected chi connectivity index (χ4v) is 5.50. The molecule has 1 fully saturated rings. The van der Waals surface area contributed by atoms with Crippen LogP contribution in [0, 0.1) is 0 Å². The molecule has 1 aromatic heterocycles. The lowest BCUT2D eigenvalue weighted by atomic mass is 10.1. The van der Waals surface area contributed by atoms with Crippen LogP contribution in [0.15, 0.2) is 65.7 Å². The molecule has 0 saturated carbocycles. The number of nitrogens with zero attached hydrogens (tertiary/aromatic N) is 4. The van der Waals surface area contributed by atoms with Crippen LogP contribution in [-0.2, 0) is 14.8 Å². The van der Waals surface area contributed by atoms with Gasteiger partial charge in [0.05, 0.1) is 10.6 Å². The molecule has 1 aliphatic rings. The van der Waals surface area contributed by atoms with Crippen molar-refractivity contribution in [2.24, 2.45) is 0 Å². The Morgan fingerprint density at radius 1 is 0.868 bits per heavy atom. The van der Waals surface area contributed by atoms with Crippen LogP contribution in [0.2, 0.25) is 0 Å². The van der Waals surface area contributed by atoms with Crippen LogP contribution in [0.5, 0.6) is 0 Å². The van der Waals surface area contributed by atoms with E-state index in [1.54, 1.807) is 91.4 Å². The summed E-state index contributed by atoms with van der Waals surface area (Å²) in [5, 5.41) is 3.14. The molecule has 2 aromatic carbocycles. The Labute approximate surface area is 223 Å². The van der Waals surface area contributed by atoms with Gasteiger partial charge in [-0.15, -0.1) is 0 Å². The summed E-state index contributed by atoms with van der Waals surface area (Å²) >= 11 is 0. The lowest BCUT2D eigenvalue weighted by Crippen LogP contribution is -2.50. The Morgan fingerprint density at radius 3 is 2.05 bits per heavy atom. The van der Waals surface area contributed by atoms with Gasteiger partial charge in [-0.1, -0.05) is 12.1 Å². The highest BCUT2D eigenvalue weighted by atomic mass is 32.2. The summed E-state index contributed by atoms with van der Waals surface area (Å²) < 4.78 is 27.8. The van der Waals surface area contributed by atoms with Gasteiger partial charge in [-0.25, -0.2) is 23.1 Å². The van der Waals surface area contributed by atoms with Crippen LogP contribution in [0.3, 0.4) is 0 Å². The quantitative estimate of drug-likeness (QED) is 0.495. The lowest BCUT2D eigenvalue weighted by Gasteiger charge is -2.34. The number of sulfonamides is 1. The summed E-state index contributed by atoms with van der Waals surface area (Å²) in [5.74, 6) is 0.325. The molecule has 0 spiro atoms. The van der Waals surface area contributed by atoms with Gasteiger partial charge in [0.2, 0.25) is 21.9 Å². The molecule has 2 heterocycles. The third-order valence-corrected chi connectivity index (χ3v) is 7.73. The Bertz CT molecular complexity index is 1410. The number of nitrogens with one attached hydrogen (secondary N) is 2. The second-order valence-electron chi connectivity index (χ2n) is 10.1. The van der Waals surface area contributed by atoms with Gasteiger partial charge in [0.1, 0.15) is 0 Å². The summed E-state index contributed by atoms with van der Waals surface area (Å²) in [6.07, 6.45) is 1.62. The highest BCUT2D eigenvalue weighted by molar-refractivity contribution is 7.89. The monoisotopic (exact) mass is 536 g/mol. The molecule has 200 valence electrons. The summed E-state index contributed by atoms with van der Waals surface area (Å²) in [7, 11) is -3.63. The molecule has 2 amide bonds. The largest absolute Gasteiger partial charge is 0.339 e. The Kier molecular flexibility index (Phi) is 7.79. The van der Waals surface area contributed by atoms with E-state index >= 15 is 0 Å². The number of amides is 2. The standard InChI is InChI=1S/C27H32N6O4S/c1-19(34)32-15-17-33(18-16-32)25(35)21-5-9-22(10-6-21)29-26-28-14-13-24(30-26)20-7-11-23(12-8-20)38(36,37)31-27(2,3)4/h5-14,31H,15-18H2,1-4H3,(H,28,29,30). The molecule has 4 rings (SSSR count). The van der Waals surface area contributed by atoms with Crippen LogP contribution >= 0.6 is 0 Å². The predicted molar refractivity (Wildman–Crippen MR) is 145 cm³/mol. The third kappa shape index (κ3) is 6.73. The van der Waals surface area contributed by atoms with Crippen molar-refractivity contribution in [2.75, 3.05) is 31.5 Å².